The predicted molar refractivity (Wildman–Crippen MR) is 113 cm³/mol. The molecule has 0 aliphatic carbocycles. The van der Waals surface area contributed by atoms with Gasteiger partial charge in [0.25, 0.3) is 11.8 Å². The molecule has 0 aliphatic heterocycles. The van der Waals surface area contributed by atoms with Gasteiger partial charge in [-0.05, 0) is 56.3 Å². The monoisotopic (exact) mass is 403 g/mol. The van der Waals surface area contributed by atoms with Crippen molar-refractivity contribution in [2.75, 3.05) is 11.9 Å². The second-order valence-electron chi connectivity index (χ2n) is 6.60. The number of anilines is 1. The summed E-state index contributed by atoms with van der Waals surface area (Å²) in [6.07, 6.45) is 1.60. The predicted octanol–water partition coefficient (Wildman–Crippen LogP) is 3.71. The summed E-state index contributed by atoms with van der Waals surface area (Å²) < 4.78 is 7.53. The van der Waals surface area contributed by atoms with Crippen LogP contribution in [0, 0.1) is 0 Å². The summed E-state index contributed by atoms with van der Waals surface area (Å²) in [4.78, 5) is 29.2. The zero-order valence-electron chi connectivity index (χ0n) is 16.7. The quantitative estimate of drug-likeness (QED) is 0.511. The molecule has 0 atom stereocenters. The maximum Gasteiger partial charge on any atom is 0.273 e. The fourth-order valence-corrected chi connectivity index (χ4v) is 3.18. The number of nitrogens with one attached hydrogen (secondary N) is 2. The number of oxazole rings is 1. The molecule has 0 fully saturated rings. The Morgan fingerprint density at radius 2 is 1.83 bits per heavy atom. The number of hydrogen-bond acceptors (Lipinski definition) is 5. The number of aromatic nitrogens is 3. The third-order valence-electron chi connectivity index (χ3n) is 4.64. The molecule has 0 saturated carbocycles. The number of carbonyl (C=O) groups excluding carboxylic acids is 2. The third kappa shape index (κ3) is 3.67. The first-order chi connectivity index (χ1) is 14.6. The van der Waals surface area contributed by atoms with Crippen LogP contribution in [0.3, 0.4) is 0 Å². The fourth-order valence-electron chi connectivity index (χ4n) is 3.18. The zero-order chi connectivity index (χ0) is 21.1. The Balaban J connectivity index is 1.57. The van der Waals surface area contributed by atoms with Crippen LogP contribution < -0.4 is 10.6 Å². The van der Waals surface area contributed by atoms with Gasteiger partial charge in [-0.15, -0.1) is 0 Å². The summed E-state index contributed by atoms with van der Waals surface area (Å²) in [7, 11) is 0. The van der Waals surface area contributed by atoms with E-state index in [0.717, 1.165) is 5.56 Å². The first kappa shape index (κ1) is 19.4. The van der Waals surface area contributed by atoms with E-state index in [0.29, 0.717) is 47.0 Å². The minimum atomic E-state index is -0.226. The van der Waals surface area contributed by atoms with E-state index in [9.17, 15) is 9.59 Å². The Labute approximate surface area is 172 Å². The molecule has 0 saturated heterocycles. The van der Waals surface area contributed by atoms with Crippen LogP contribution in [0.5, 0.6) is 0 Å². The summed E-state index contributed by atoms with van der Waals surface area (Å²) in [5.41, 5.74) is 3.39. The summed E-state index contributed by atoms with van der Waals surface area (Å²) >= 11 is 0. The Kier molecular flexibility index (Phi) is 5.30. The highest BCUT2D eigenvalue weighted by atomic mass is 16.3. The lowest BCUT2D eigenvalue weighted by Crippen LogP contribution is -2.22. The van der Waals surface area contributed by atoms with Gasteiger partial charge in [0.05, 0.1) is 5.56 Å². The van der Waals surface area contributed by atoms with Crippen LogP contribution in [-0.2, 0) is 6.54 Å². The van der Waals surface area contributed by atoms with Crippen LogP contribution in [0.25, 0.3) is 22.6 Å². The molecule has 2 aromatic carbocycles. The van der Waals surface area contributed by atoms with Crippen LogP contribution in [0.1, 0.15) is 34.7 Å². The number of rotatable bonds is 6. The molecule has 0 unspecified atom stereocenters. The van der Waals surface area contributed by atoms with Crippen molar-refractivity contribution < 1.29 is 14.0 Å². The Hall–Kier alpha value is -3.94. The van der Waals surface area contributed by atoms with Gasteiger partial charge >= 0.3 is 0 Å². The number of amides is 2. The number of carbonyl (C=O) groups is 2. The minimum Gasteiger partial charge on any atom is -0.435 e. The largest absolute Gasteiger partial charge is 0.435 e. The molecule has 30 heavy (non-hydrogen) atoms. The normalized spacial score (nSPS) is 10.9. The van der Waals surface area contributed by atoms with E-state index in [4.69, 9.17) is 4.42 Å². The molecule has 2 heterocycles. The first-order valence-corrected chi connectivity index (χ1v) is 9.72. The van der Waals surface area contributed by atoms with Gasteiger partial charge in [0.2, 0.25) is 5.89 Å². The number of nitrogens with zero attached hydrogens (tertiary/aromatic N) is 3. The maximum atomic E-state index is 12.4. The second kappa shape index (κ2) is 8.20. The highest BCUT2D eigenvalue weighted by Gasteiger charge is 2.16. The minimum absolute atomic E-state index is 0.199. The Bertz CT molecular complexity index is 1210. The summed E-state index contributed by atoms with van der Waals surface area (Å²) in [6, 6.07) is 14.1. The standard InChI is InChI=1S/C22H21N5O3/c1-3-23-20(28)16-6-5-7-17-19(16)30-22(26-17)14-8-10-15(11-9-14)25-21(29)18-12-13-24-27(18)4-2/h5-13H,3-4H2,1-2H3,(H,23,28)(H,25,29). The van der Waals surface area contributed by atoms with Crippen molar-refractivity contribution in [1.29, 1.82) is 0 Å². The fraction of sp³-hybridized carbons (Fsp3) is 0.182. The zero-order valence-corrected chi connectivity index (χ0v) is 16.7. The highest BCUT2D eigenvalue weighted by molar-refractivity contribution is 6.04. The maximum absolute atomic E-state index is 12.4. The number of para-hydroxylation sites is 1. The lowest BCUT2D eigenvalue weighted by molar-refractivity contribution is 0.0955. The van der Waals surface area contributed by atoms with Gasteiger partial charge in [0, 0.05) is 30.5 Å². The number of hydrogen-bond donors (Lipinski definition) is 2. The van der Waals surface area contributed by atoms with Crippen molar-refractivity contribution in [2.45, 2.75) is 20.4 Å². The van der Waals surface area contributed by atoms with Gasteiger partial charge in [0.1, 0.15) is 11.2 Å². The average molecular weight is 403 g/mol. The van der Waals surface area contributed by atoms with Crippen molar-refractivity contribution in [1.82, 2.24) is 20.1 Å². The van der Waals surface area contributed by atoms with Crippen molar-refractivity contribution in [3.63, 3.8) is 0 Å². The van der Waals surface area contributed by atoms with Crippen LogP contribution in [0.4, 0.5) is 5.69 Å². The van der Waals surface area contributed by atoms with Gasteiger partial charge in [-0.3, -0.25) is 14.3 Å². The summed E-state index contributed by atoms with van der Waals surface area (Å²) in [6.45, 7) is 4.93. The summed E-state index contributed by atoms with van der Waals surface area (Å²) in [5, 5.41) is 9.74. The smallest absolute Gasteiger partial charge is 0.273 e. The van der Waals surface area contributed by atoms with Crippen LogP contribution in [-0.4, -0.2) is 33.1 Å². The molecule has 4 aromatic rings. The van der Waals surface area contributed by atoms with Crippen molar-refractivity contribution >= 4 is 28.6 Å². The van der Waals surface area contributed by atoms with Crippen molar-refractivity contribution in [3.8, 4) is 11.5 Å². The highest BCUT2D eigenvalue weighted by Crippen LogP contribution is 2.27. The molecular formula is C22H21N5O3. The molecule has 152 valence electrons. The molecule has 8 nitrogen and oxygen atoms in total. The molecule has 0 bridgehead atoms. The Morgan fingerprint density at radius 1 is 1.03 bits per heavy atom. The Morgan fingerprint density at radius 3 is 2.57 bits per heavy atom. The van der Waals surface area contributed by atoms with Crippen molar-refractivity contribution in [3.05, 3.63) is 66.0 Å². The van der Waals surface area contributed by atoms with E-state index in [1.54, 1.807) is 47.3 Å². The molecule has 8 heteroatoms. The van der Waals surface area contributed by atoms with Crippen LogP contribution >= 0.6 is 0 Å². The topological polar surface area (TPSA) is 102 Å². The van der Waals surface area contributed by atoms with Gasteiger partial charge in [-0.2, -0.15) is 5.10 Å². The van der Waals surface area contributed by atoms with E-state index < -0.39 is 0 Å². The third-order valence-corrected chi connectivity index (χ3v) is 4.64. The lowest BCUT2D eigenvalue weighted by atomic mass is 10.2. The molecule has 2 amide bonds. The van der Waals surface area contributed by atoms with Gasteiger partial charge in [0.15, 0.2) is 5.58 Å². The van der Waals surface area contributed by atoms with Crippen LogP contribution in [0.2, 0.25) is 0 Å². The molecule has 0 aliphatic rings. The molecule has 2 aromatic heterocycles. The van der Waals surface area contributed by atoms with E-state index in [2.05, 4.69) is 20.7 Å². The molecule has 4 rings (SSSR count). The molecular weight excluding hydrogens is 382 g/mol. The SMILES string of the molecule is CCNC(=O)c1cccc2nc(-c3ccc(NC(=O)c4ccnn4CC)cc3)oc12. The summed E-state index contributed by atoms with van der Waals surface area (Å²) in [5.74, 6) is -0.0191. The van der Waals surface area contributed by atoms with Crippen molar-refractivity contribution in [2.24, 2.45) is 0 Å². The lowest BCUT2D eigenvalue weighted by Gasteiger charge is -2.07. The number of benzene rings is 2. The van der Waals surface area contributed by atoms with E-state index in [1.807, 2.05) is 26.0 Å². The van der Waals surface area contributed by atoms with Gasteiger partial charge in [-0.25, -0.2) is 4.98 Å². The molecule has 0 radical (unpaired) electrons. The van der Waals surface area contributed by atoms with E-state index in [1.165, 1.54) is 0 Å². The van der Waals surface area contributed by atoms with E-state index in [-0.39, 0.29) is 11.8 Å². The van der Waals surface area contributed by atoms with E-state index >= 15 is 0 Å². The number of aryl methyl sites for hydroxylation is 1. The molecule has 2 N–H and O–H groups in total. The van der Waals surface area contributed by atoms with Crippen LogP contribution in [0.15, 0.2) is 59.1 Å². The van der Waals surface area contributed by atoms with Gasteiger partial charge in [-0.1, -0.05) is 6.07 Å². The molecule has 0 spiro atoms. The number of fused-ring (bicyclic) bond motifs is 1. The van der Waals surface area contributed by atoms with Gasteiger partial charge < -0.3 is 15.1 Å². The second-order valence-corrected chi connectivity index (χ2v) is 6.60. The first-order valence-electron chi connectivity index (χ1n) is 9.72. The average Bonchev–Trinajstić information content (AvgIpc) is 3.41.